The fourth-order valence-electron chi connectivity index (χ4n) is 2.93. The normalized spacial score (nSPS) is 27.2. The van der Waals surface area contributed by atoms with Crippen molar-refractivity contribution < 1.29 is 34.4 Å². The van der Waals surface area contributed by atoms with Crippen molar-refractivity contribution in [3.8, 4) is 5.88 Å². The van der Waals surface area contributed by atoms with Gasteiger partial charge in [-0.3, -0.25) is 4.57 Å². The standard InChI is InChI=1S/C16H24N6O7/c1-15(2,3)28-14(25)21-29-11-8-10(19-13(17)20-11)22(6-18-8)12-16(4,26)9(24)7(5-23)27-12/h6-7,9,12,23-24,26H,5H2,1-4H3,(H,21,25)(H2,17,19,20)/t7-,9-,12-,16-/m1/s1. The summed E-state index contributed by atoms with van der Waals surface area (Å²) < 4.78 is 12.0. The fraction of sp³-hybridized carbons (Fsp3) is 0.625. The third-order valence-corrected chi connectivity index (χ3v) is 4.22. The van der Waals surface area contributed by atoms with Crippen molar-refractivity contribution in [3.63, 3.8) is 0 Å². The molecule has 0 aromatic carbocycles. The van der Waals surface area contributed by atoms with Crippen LogP contribution in [-0.2, 0) is 9.47 Å². The van der Waals surface area contributed by atoms with Gasteiger partial charge >= 0.3 is 6.09 Å². The summed E-state index contributed by atoms with van der Waals surface area (Å²) in [6.45, 7) is 5.94. The average Bonchev–Trinajstić information content (AvgIpc) is 3.10. The molecule has 2 aromatic rings. The van der Waals surface area contributed by atoms with Gasteiger partial charge in [0, 0.05) is 0 Å². The number of hydrogen-bond acceptors (Lipinski definition) is 11. The molecule has 3 rings (SSSR count). The molecule has 29 heavy (non-hydrogen) atoms. The smallest absolute Gasteiger partial charge is 0.441 e. The van der Waals surface area contributed by atoms with Crippen LogP contribution < -0.4 is 16.1 Å². The number of amides is 1. The van der Waals surface area contributed by atoms with Gasteiger partial charge in [0.25, 0.3) is 5.88 Å². The minimum atomic E-state index is -1.75. The lowest BCUT2D eigenvalue weighted by atomic mass is 9.96. The molecule has 13 heteroatoms. The summed E-state index contributed by atoms with van der Waals surface area (Å²) in [6.07, 6.45) is -3.04. The van der Waals surface area contributed by atoms with Crippen LogP contribution in [0.2, 0.25) is 0 Å². The maximum Gasteiger partial charge on any atom is 0.441 e. The first-order valence-corrected chi connectivity index (χ1v) is 8.76. The molecule has 4 atom stereocenters. The van der Waals surface area contributed by atoms with Crippen LogP contribution in [0.25, 0.3) is 11.2 Å². The van der Waals surface area contributed by atoms with Crippen molar-refractivity contribution >= 4 is 23.2 Å². The maximum absolute atomic E-state index is 11.8. The molecule has 13 nitrogen and oxygen atoms in total. The van der Waals surface area contributed by atoms with Crippen LogP contribution in [0.5, 0.6) is 5.88 Å². The number of nitrogens with zero attached hydrogens (tertiary/aromatic N) is 4. The Morgan fingerprint density at radius 3 is 2.72 bits per heavy atom. The monoisotopic (exact) mass is 412 g/mol. The Morgan fingerprint density at radius 1 is 1.45 bits per heavy atom. The second kappa shape index (κ2) is 7.26. The van der Waals surface area contributed by atoms with Crippen molar-refractivity contribution in [3.05, 3.63) is 6.33 Å². The molecular formula is C16H24N6O7. The molecular weight excluding hydrogens is 388 g/mol. The lowest BCUT2D eigenvalue weighted by Crippen LogP contribution is -2.44. The Balaban J connectivity index is 1.91. The highest BCUT2D eigenvalue weighted by molar-refractivity contribution is 5.78. The number of aromatic nitrogens is 4. The van der Waals surface area contributed by atoms with Gasteiger partial charge in [-0.1, -0.05) is 0 Å². The molecule has 0 spiro atoms. The lowest BCUT2D eigenvalue weighted by molar-refractivity contribution is -0.0950. The summed E-state index contributed by atoms with van der Waals surface area (Å²) in [5.41, 5.74) is 5.55. The fourth-order valence-corrected chi connectivity index (χ4v) is 2.93. The van der Waals surface area contributed by atoms with Crippen molar-refractivity contribution in [2.75, 3.05) is 12.3 Å². The molecule has 1 amide bonds. The van der Waals surface area contributed by atoms with Gasteiger partial charge in [0.2, 0.25) is 5.95 Å². The summed E-state index contributed by atoms with van der Waals surface area (Å²) in [5.74, 6) is -0.355. The van der Waals surface area contributed by atoms with Gasteiger partial charge in [-0.15, -0.1) is 0 Å². The number of ether oxygens (including phenoxy) is 2. The van der Waals surface area contributed by atoms with E-state index in [2.05, 4.69) is 20.4 Å². The number of anilines is 1. The zero-order valence-electron chi connectivity index (χ0n) is 16.4. The largest absolute Gasteiger partial charge is 0.442 e. The van der Waals surface area contributed by atoms with E-state index in [9.17, 15) is 20.1 Å². The van der Waals surface area contributed by atoms with Crippen molar-refractivity contribution in [1.82, 2.24) is 25.0 Å². The molecule has 2 aromatic heterocycles. The first-order valence-electron chi connectivity index (χ1n) is 8.76. The van der Waals surface area contributed by atoms with Crippen molar-refractivity contribution in [2.45, 2.75) is 57.3 Å². The zero-order valence-corrected chi connectivity index (χ0v) is 16.4. The van der Waals surface area contributed by atoms with Crippen LogP contribution in [0, 0.1) is 0 Å². The van der Waals surface area contributed by atoms with Gasteiger partial charge in [-0.05, 0) is 27.7 Å². The predicted molar refractivity (Wildman–Crippen MR) is 97.4 cm³/mol. The Bertz CT molecular complexity index is 909. The van der Waals surface area contributed by atoms with Crippen molar-refractivity contribution in [1.29, 1.82) is 0 Å². The average molecular weight is 412 g/mol. The second-order valence-electron chi connectivity index (χ2n) is 7.80. The number of hydrogen-bond donors (Lipinski definition) is 5. The number of rotatable bonds is 4. The van der Waals surface area contributed by atoms with E-state index in [-0.39, 0.29) is 23.0 Å². The molecule has 0 radical (unpaired) electrons. The van der Waals surface area contributed by atoms with Crippen LogP contribution in [0.15, 0.2) is 6.33 Å². The van der Waals surface area contributed by atoms with Gasteiger partial charge in [0.05, 0.1) is 12.9 Å². The van der Waals surface area contributed by atoms with Gasteiger partial charge in [-0.2, -0.15) is 15.4 Å². The van der Waals surface area contributed by atoms with E-state index >= 15 is 0 Å². The maximum atomic E-state index is 11.8. The minimum absolute atomic E-state index is 0.108. The molecule has 3 heterocycles. The number of imidazole rings is 1. The summed E-state index contributed by atoms with van der Waals surface area (Å²) >= 11 is 0. The van der Waals surface area contributed by atoms with E-state index in [1.807, 2.05) is 0 Å². The zero-order chi connectivity index (χ0) is 21.6. The predicted octanol–water partition coefficient (Wildman–Crippen LogP) is -0.771. The van der Waals surface area contributed by atoms with Crippen molar-refractivity contribution in [2.24, 2.45) is 0 Å². The number of hydroxylamine groups is 1. The van der Waals surface area contributed by atoms with E-state index in [4.69, 9.17) is 20.0 Å². The summed E-state index contributed by atoms with van der Waals surface area (Å²) in [4.78, 5) is 29.1. The van der Waals surface area contributed by atoms with E-state index in [1.54, 1.807) is 20.8 Å². The van der Waals surface area contributed by atoms with Crippen LogP contribution >= 0.6 is 0 Å². The Kier molecular flexibility index (Phi) is 5.25. The molecule has 1 saturated heterocycles. The van der Waals surface area contributed by atoms with Crippen LogP contribution in [-0.4, -0.2) is 70.9 Å². The molecule has 0 unspecified atom stereocenters. The second-order valence-corrected chi connectivity index (χ2v) is 7.80. The number of carbonyl (C=O) groups excluding carboxylic acids is 1. The number of nitrogen functional groups attached to an aromatic ring is 1. The number of nitrogens with two attached hydrogens (primary N) is 1. The molecule has 1 aliphatic heterocycles. The third kappa shape index (κ3) is 4.03. The first-order chi connectivity index (χ1) is 13.4. The Labute approximate surface area is 165 Å². The number of nitrogens with one attached hydrogen (secondary N) is 1. The molecule has 160 valence electrons. The summed E-state index contributed by atoms with van der Waals surface area (Å²) in [7, 11) is 0. The SMILES string of the molecule is CC(C)(C)OC(=O)NOc1nc(N)nc2c1ncn2[C@@H]1O[C@H](CO)[C@@H](O)[C@@]1(C)O. The van der Waals surface area contributed by atoms with Gasteiger partial charge < -0.3 is 35.4 Å². The van der Waals surface area contributed by atoms with Gasteiger partial charge in [0.1, 0.15) is 23.4 Å². The number of aliphatic hydroxyl groups excluding tert-OH is 2. The number of fused-ring (bicyclic) bond motifs is 1. The summed E-state index contributed by atoms with van der Waals surface area (Å²) in [5, 5.41) is 30.2. The lowest BCUT2D eigenvalue weighted by Gasteiger charge is -2.27. The molecule has 1 aliphatic rings. The van der Waals surface area contributed by atoms with E-state index < -0.39 is 42.3 Å². The number of carbonyl (C=O) groups is 1. The highest BCUT2D eigenvalue weighted by atomic mass is 16.7. The molecule has 0 saturated carbocycles. The highest BCUT2D eigenvalue weighted by Crippen LogP contribution is 2.39. The third-order valence-electron chi connectivity index (χ3n) is 4.22. The van der Waals surface area contributed by atoms with E-state index in [0.29, 0.717) is 0 Å². The highest BCUT2D eigenvalue weighted by Gasteiger charge is 2.53. The van der Waals surface area contributed by atoms with Gasteiger partial charge in [0.15, 0.2) is 17.4 Å². The molecule has 1 fully saturated rings. The Morgan fingerprint density at radius 2 is 2.14 bits per heavy atom. The molecule has 0 bridgehead atoms. The van der Waals surface area contributed by atoms with Crippen LogP contribution in [0.3, 0.4) is 0 Å². The summed E-state index contributed by atoms with van der Waals surface area (Å²) in [6, 6.07) is 0. The van der Waals surface area contributed by atoms with Crippen LogP contribution in [0.4, 0.5) is 10.7 Å². The minimum Gasteiger partial charge on any atom is -0.442 e. The number of aliphatic hydroxyl groups is 3. The quantitative estimate of drug-likeness (QED) is 0.397. The van der Waals surface area contributed by atoms with Crippen LogP contribution in [0.1, 0.15) is 33.9 Å². The Hall–Kier alpha value is -2.74. The topological polar surface area (TPSA) is 187 Å². The van der Waals surface area contributed by atoms with Gasteiger partial charge in [-0.25, -0.2) is 9.78 Å². The van der Waals surface area contributed by atoms with E-state index in [0.717, 1.165) is 0 Å². The first kappa shape index (κ1) is 21.0. The van der Waals surface area contributed by atoms with E-state index in [1.165, 1.54) is 17.8 Å². The molecule has 0 aliphatic carbocycles. The molecule has 6 N–H and O–H groups in total.